The van der Waals surface area contributed by atoms with E-state index in [2.05, 4.69) is 39.1 Å². The number of carbonyl (C=O) groups excluding carboxylic acids is 2. The van der Waals surface area contributed by atoms with Crippen LogP contribution in [0.5, 0.6) is 0 Å². The second-order valence-corrected chi connectivity index (χ2v) is 8.45. The summed E-state index contributed by atoms with van der Waals surface area (Å²) in [5, 5.41) is 3.15. The van der Waals surface area contributed by atoms with Crippen LogP contribution in [-0.4, -0.2) is 35.8 Å². The van der Waals surface area contributed by atoms with Gasteiger partial charge in [-0.05, 0) is 50.9 Å². The summed E-state index contributed by atoms with van der Waals surface area (Å²) >= 11 is 0. The topological polar surface area (TPSA) is 49.4 Å². The van der Waals surface area contributed by atoms with Crippen molar-refractivity contribution in [3.8, 4) is 0 Å². The van der Waals surface area contributed by atoms with E-state index in [1.807, 2.05) is 4.90 Å². The number of piperidine rings is 1. The summed E-state index contributed by atoms with van der Waals surface area (Å²) in [6.45, 7) is 10.2. The van der Waals surface area contributed by atoms with Crippen LogP contribution in [0.2, 0.25) is 0 Å². The van der Waals surface area contributed by atoms with E-state index in [9.17, 15) is 9.59 Å². The molecule has 2 amide bonds. The molecule has 2 saturated carbocycles. The highest BCUT2D eigenvalue weighted by atomic mass is 16.2. The molecule has 1 heterocycles. The number of allylic oxidation sites excluding steroid dienone is 2. The van der Waals surface area contributed by atoms with Gasteiger partial charge in [0.1, 0.15) is 0 Å². The summed E-state index contributed by atoms with van der Waals surface area (Å²) in [6.07, 6.45) is 6.14. The van der Waals surface area contributed by atoms with Crippen molar-refractivity contribution in [2.45, 2.75) is 59.4 Å². The molecule has 1 saturated heterocycles. The Bertz CT molecular complexity index is 521. The lowest BCUT2D eigenvalue weighted by Gasteiger charge is -2.33. The van der Waals surface area contributed by atoms with Gasteiger partial charge >= 0.3 is 0 Å². The van der Waals surface area contributed by atoms with Crippen molar-refractivity contribution in [1.82, 2.24) is 10.2 Å². The van der Waals surface area contributed by atoms with Crippen LogP contribution in [0, 0.1) is 23.2 Å². The monoisotopic (exact) mass is 318 g/mol. The summed E-state index contributed by atoms with van der Waals surface area (Å²) in [5.74, 6) is 1.32. The third kappa shape index (κ3) is 3.46. The third-order valence-electron chi connectivity index (χ3n) is 5.79. The summed E-state index contributed by atoms with van der Waals surface area (Å²) in [6, 6.07) is 0.257. The van der Waals surface area contributed by atoms with Crippen molar-refractivity contribution in [2.24, 2.45) is 23.2 Å². The maximum absolute atomic E-state index is 12.8. The third-order valence-corrected chi connectivity index (χ3v) is 5.79. The fourth-order valence-electron chi connectivity index (χ4n) is 3.92. The van der Waals surface area contributed by atoms with Crippen molar-refractivity contribution in [3.05, 3.63) is 11.6 Å². The number of nitrogens with one attached hydrogen (secondary N) is 1. The molecule has 2 aliphatic carbocycles. The van der Waals surface area contributed by atoms with Crippen LogP contribution in [-0.2, 0) is 9.59 Å². The molecule has 128 valence electrons. The normalized spacial score (nSPS) is 29.8. The molecule has 2 atom stereocenters. The first kappa shape index (κ1) is 16.5. The van der Waals surface area contributed by atoms with Gasteiger partial charge in [0.2, 0.25) is 11.8 Å². The Morgan fingerprint density at radius 3 is 2.22 bits per heavy atom. The quantitative estimate of drug-likeness (QED) is 0.810. The first-order chi connectivity index (χ1) is 10.8. The Labute approximate surface area is 139 Å². The number of carbonyl (C=O) groups is 2. The summed E-state index contributed by atoms with van der Waals surface area (Å²) < 4.78 is 0. The summed E-state index contributed by atoms with van der Waals surface area (Å²) in [7, 11) is 0. The lowest BCUT2D eigenvalue weighted by Crippen LogP contribution is -2.47. The molecule has 3 aliphatic rings. The Morgan fingerprint density at radius 2 is 1.70 bits per heavy atom. The summed E-state index contributed by atoms with van der Waals surface area (Å²) in [4.78, 5) is 26.7. The van der Waals surface area contributed by atoms with E-state index >= 15 is 0 Å². The van der Waals surface area contributed by atoms with Crippen molar-refractivity contribution in [1.29, 1.82) is 0 Å². The van der Waals surface area contributed by atoms with Gasteiger partial charge in [-0.2, -0.15) is 0 Å². The van der Waals surface area contributed by atoms with Crippen LogP contribution in [0.3, 0.4) is 0 Å². The second-order valence-electron chi connectivity index (χ2n) is 8.45. The SMILES string of the molecule is CC(C)=C[C@@H]1[C@H](C(=O)N2CCC(NC(=O)C3CC3)CC2)C1(C)C. The highest BCUT2D eigenvalue weighted by Crippen LogP contribution is 2.60. The molecule has 0 spiro atoms. The van der Waals surface area contributed by atoms with Gasteiger partial charge in [-0.3, -0.25) is 9.59 Å². The predicted octanol–water partition coefficient (Wildman–Crippen LogP) is 2.74. The van der Waals surface area contributed by atoms with E-state index < -0.39 is 0 Å². The average molecular weight is 318 g/mol. The second kappa shape index (κ2) is 5.95. The van der Waals surface area contributed by atoms with Gasteiger partial charge in [0.25, 0.3) is 0 Å². The van der Waals surface area contributed by atoms with Crippen molar-refractivity contribution >= 4 is 11.8 Å². The highest BCUT2D eigenvalue weighted by Gasteiger charge is 2.61. The number of rotatable bonds is 4. The molecule has 0 radical (unpaired) electrons. The van der Waals surface area contributed by atoms with Crippen LogP contribution in [0.25, 0.3) is 0 Å². The van der Waals surface area contributed by atoms with Gasteiger partial charge in [-0.25, -0.2) is 0 Å². The largest absolute Gasteiger partial charge is 0.353 e. The highest BCUT2D eigenvalue weighted by molar-refractivity contribution is 5.84. The first-order valence-corrected chi connectivity index (χ1v) is 9.05. The molecule has 0 bridgehead atoms. The molecule has 1 N–H and O–H groups in total. The van der Waals surface area contributed by atoms with Crippen LogP contribution in [0.4, 0.5) is 0 Å². The first-order valence-electron chi connectivity index (χ1n) is 9.05. The molecule has 0 aromatic carbocycles. The van der Waals surface area contributed by atoms with Crippen molar-refractivity contribution < 1.29 is 9.59 Å². The summed E-state index contributed by atoms with van der Waals surface area (Å²) in [5.41, 5.74) is 1.38. The molecule has 0 aromatic rings. The van der Waals surface area contributed by atoms with Crippen LogP contribution in [0.1, 0.15) is 53.4 Å². The number of nitrogens with zero attached hydrogens (tertiary/aromatic N) is 1. The maximum Gasteiger partial charge on any atom is 0.226 e. The number of hydrogen-bond acceptors (Lipinski definition) is 2. The van der Waals surface area contributed by atoms with Crippen LogP contribution in [0.15, 0.2) is 11.6 Å². The van der Waals surface area contributed by atoms with Gasteiger partial charge in [0.05, 0.1) is 5.92 Å². The maximum atomic E-state index is 12.8. The number of hydrogen-bond donors (Lipinski definition) is 1. The van der Waals surface area contributed by atoms with E-state index in [0.29, 0.717) is 11.8 Å². The lowest BCUT2D eigenvalue weighted by molar-refractivity contribution is -0.134. The predicted molar refractivity (Wildman–Crippen MR) is 90.7 cm³/mol. The fourth-order valence-corrected chi connectivity index (χ4v) is 3.92. The zero-order valence-corrected chi connectivity index (χ0v) is 14.9. The molecule has 3 fully saturated rings. The van der Waals surface area contributed by atoms with Crippen molar-refractivity contribution in [3.63, 3.8) is 0 Å². The van der Waals surface area contributed by atoms with Gasteiger partial charge in [0.15, 0.2) is 0 Å². The molecule has 4 heteroatoms. The Balaban J connectivity index is 1.50. The van der Waals surface area contributed by atoms with E-state index in [-0.39, 0.29) is 29.2 Å². The number of amides is 2. The van der Waals surface area contributed by atoms with Gasteiger partial charge in [-0.15, -0.1) is 0 Å². The van der Waals surface area contributed by atoms with Crippen molar-refractivity contribution in [2.75, 3.05) is 13.1 Å². The molecule has 23 heavy (non-hydrogen) atoms. The van der Waals surface area contributed by atoms with Crippen LogP contribution >= 0.6 is 0 Å². The van der Waals surface area contributed by atoms with E-state index in [4.69, 9.17) is 0 Å². The average Bonchev–Trinajstić information content (AvgIpc) is 3.37. The molecule has 3 rings (SSSR count). The van der Waals surface area contributed by atoms with E-state index in [1.54, 1.807) is 0 Å². The Kier molecular flexibility index (Phi) is 4.28. The lowest BCUT2D eigenvalue weighted by atomic mass is 10.0. The molecular formula is C19H30N2O2. The zero-order valence-electron chi connectivity index (χ0n) is 14.9. The number of likely N-dealkylation sites (tertiary alicyclic amines) is 1. The molecule has 4 nitrogen and oxygen atoms in total. The standard InChI is InChI=1S/C19H30N2O2/c1-12(2)11-15-16(19(15,3)4)18(23)21-9-7-14(8-10-21)20-17(22)13-5-6-13/h11,13-16H,5-10H2,1-4H3,(H,20,22)/t15-,16-/m1/s1. The minimum Gasteiger partial charge on any atom is -0.353 e. The molecule has 1 aliphatic heterocycles. The zero-order chi connectivity index (χ0) is 16.8. The molecular weight excluding hydrogens is 288 g/mol. The molecule has 0 unspecified atom stereocenters. The van der Waals surface area contributed by atoms with Gasteiger partial charge in [0, 0.05) is 25.0 Å². The van der Waals surface area contributed by atoms with Crippen LogP contribution < -0.4 is 5.32 Å². The Morgan fingerprint density at radius 1 is 1.09 bits per heavy atom. The van der Waals surface area contributed by atoms with Gasteiger partial charge < -0.3 is 10.2 Å². The minimum absolute atomic E-state index is 0.0887. The van der Waals surface area contributed by atoms with Gasteiger partial charge in [-0.1, -0.05) is 25.5 Å². The molecule has 0 aromatic heterocycles. The Hall–Kier alpha value is -1.32. The smallest absolute Gasteiger partial charge is 0.226 e. The fraction of sp³-hybridized carbons (Fsp3) is 0.789. The minimum atomic E-state index is 0.0887. The van der Waals surface area contributed by atoms with E-state index in [0.717, 1.165) is 38.8 Å². The van der Waals surface area contributed by atoms with E-state index in [1.165, 1.54) is 5.57 Å².